The van der Waals surface area contributed by atoms with Crippen molar-refractivity contribution >= 4 is 22.6 Å². The van der Waals surface area contributed by atoms with Crippen LogP contribution in [0.5, 0.6) is 11.5 Å². The van der Waals surface area contributed by atoms with Gasteiger partial charge in [0.15, 0.2) is 0 Å². The molecule has 4 aromatic rings. The van der Waals surface area contributed by atoms with Crippen molar-refractivity contribution in [3.8, 4) is 11.5 Å². The number of hydrogen-bond donors (Lipinski definition) is 1. The van der Waals surface area contributed by atoms with E-state index in [-0.39, 0.29) is 5.56 Å². The van der Waals surface area contributed by atoms with Gasteiger partial charge in [0.05, 0.1) is 16.7 Å². The summed E-state index contributed by atoms with van der Waals surface area (Å²) in [6.45, 7) is 1.88. The van der Waals surface area contributed by atoms with E-state index in [1.54, 1.807) is 36.5 Å². The number of aryl methyl sites for hydroxylation is 1. The number of amides is 1. The van der Waals surface area contributed by atoms with Gasteiger partial charge in [0, 0.05) is 29.6 Å². The number of carbonyl (C=O) groups is 1. The number of aromatic nitrogens is 2. The molecule has 0 unspecified atom stereocenters. The Labute approximate surface area is 160 Å². The van der Waals surface area contributed by atoms with Crippen LogP contribution < -0.4 is 10.1 Å². The molecule has 0 aliphatic heterocycles. The van der Waals surface area contributed by atoms with E-state index >= 15 is 0 Å². The number of halogens is 1. The van der Waals surface area contributed by atoms with E-state index < -0.39 is 11.7 Å². The highest BCUT2D eigenvalue weighted by Gasteiger charge is 2.08. The predicted molar refractivity (Wildman–Crippen MR) is 105 cm³/mol. The van der Waals surface area contributed by atoms with Gasteiger partial charge < -0.3 is 10.1 Å². The molecule has 1 aromatic heterocycles. The largest absolute Gasteiger partial charge is 0.457 e. The smallest absolute Gasteiger partial charge is 0.255 e. The molecule has 0 spiro atoms. The normalized spacial score (nSPS) is 10.6. The van der Waals surface area contributed by atoms with Crippen LogP contribution in [0.25, 0.3) is 11.0 Å². The van der Waals surface area contributed by atoms with E-state index in [0.29, 0.717) is 17.2 Å². The van der Waals surface area contributed by atoms with Crippen LogP contribution in [0.1, 0.15) is 16.1 Å². The number of nitrogens with zero attached hydrogens (tertiary/aromatic N) is 2. The van der Waals surface area contributed by atoms with Gasteiger partial charge in [-0.25, -0.2) is 9.37 Å². The maximum absolute atomic E-state index is 13.3. The van der Waals surface area contributed by atoms with Gasteiger partial charge in [-0.3, -0.25) is 9.78 Å². The molecule has 0 fully saturated rings. The SMILES string of the molecule is Cc1cnc2ccc(Oc3cccc(NC(=O)c4cccc(F)c4)c3)cc2n1. The summed E-state index contributed by atoms with van der Waals surface area (Å²) < 4.78 is 19.2. The minimum atomic E-state index is -0.459. The zero-order valence-electron chi connectivity index (χ0n) is 15.0. The van der Waals surface area contributed by atoms with Crippen LogP contribution in [0.4, 0.5) is 10.1 Å². The fourth-order valence-corrected chi connectivity index (χ4v) is 2.75. The lowest BCUT2D eigenvalue weighted by Gasteiger charge is -2.10. The van der Waals surface area contributed by atoms with Gasteiger partial charge in [-0.05, 0) is 49.4 Å². The van der Waals surface area contributed by atoms with E-state index in [1.165, 1.54) is 18.2 Å². The van der Waals surface area contributed by atoms with Crippen LogP contribution >= 0.6 is 0 Å². The number of rotatable bonds is 4. The summed E-state index contributed by atoms with van der Waals surface area (Å²) in [6.07, 6.45) is 1.72. The Bertz CT molecular complexity index is 1180. The lowest BCUT2D eigenvalue weighted by molar-refractivity contribution is 0.102. The third-order valence-electron chi connectivity index (χ3n) is 4.05. The molecule has 4 rings (SSSR count). The summed E-state index contributed by atoms with van der Waals surface area (Å²) in [5.74, 6) is 0.311. The number of hydrogen-bond acceptors (Lipinski definition) is 4. The molecule has 28 heavy (non-hydrogen) atoms. The molecule has 0 radical (unpaired) electrons. The first-order chi connectivity index (χ1) is 13.6. The number of ether oxygens (including phenoxy) is 1. The van der Waals surface area contributed by atoms with Gasteiger partial charge in [0.25, 0.3) is 5.91 Å². The molecular formula is C22H16FN3O2. The molecule has 0 bridgehead atoms. The summed E-state index contributed by atoms with van der Waals surface area (Å²) in [4.78, 5) is 21.0. The van der Waals surface area contributed by atoms with E-state index in [1.807, 2.05) is 25.1 Å². The Morgan fingerprint density at radius 3 is 2.64 bits per heavy atom. The summed E-state index contributed by atoms with van der Waals surface area (Å²) >= 11 is 0. The molecular weight excluding hydrogens is 357 g/mol. The lowest BCUT2D eigenvalue weighted by Crippen LogP contribution is -2.11. The van der Waals surface area contributed by atoms with Crippen molar-refractivity contribution < 1.29 is 13.9 Å². The van der Waals surface area contributed by atoms with Gasteiger partial charge in [-0.1, -0.05) is 12.1 Å². The molecule has 3 aromatic carbocycles. The average molecular weight is 373 g/mol. The first-order valence-electron chi connectivity index (χ1n) is 8.65. The Kier molecular flexibility index (Phi) is 4.68. The Morgan fingerprint density at radius 2 is 1.79 bits per heavy atom. The molecule has 0 aliphatic rings. The quantitative estimate of drug-likeness (QED) is 0.539. The molecule has 6 heteroatoms. The second-order valence-corrected chi connectivity index (χ2v) is 6.26. The molecule has 1 amide bonds. The van der Waals surface area contributed by atoms with Gasteiger partial charge in [0.1, 0.15) is 17.3 Å². The summed E-state index contributed by atoms with van der Waals surface area (Å²) in [5, 5.41) is 2.74. The molecule has 0 aliphatic carbocycles. The Morgan fingerprint density at radius 1 is 0.964 bits per heavy atom. The van der Waals surface area contributed by atoms with Crippen molar-refractivity contribution in [3.63, 3.8) is 0 Å². The zero-order chi connectivity index (χ0) is 19.5. The minimum absolute atomic E-state index is 0.245. The molecule has 0 saturated carbocycles. The predicted octanol–water partition coefficient (Wildman–Crippen LogP) is 5.12. The lowest BCUT2D eigenvalue weighted by atomic mass is 10.2. The standard InChI is InChI=1S/C22H16FN3O2/c1-14-13-24-20-9-8-19(12-21(20)25-14)28-18-7-3-6-17(11-18)26-22(27)15-4-2-5-16(23)10-15/h2-13H,1H3,(H,26,27). The van der Waals surface area contributed by atoms with Gasteiger partial charge >= 0.3 is 0 Å². The first kappa shape index (κ1) is 17.6. The second-order valence-electron chi connectivity index (χ2n) is 6.26. The van der Waals surface area contributed by atoms with Crippen LogP contribution in [-0.4, -0.2) is 15.9 Å². The molecule has 1 N–H and O–H groups in total. The van der Waals surface area contributed by atoms with Gasteiger partial charge in [0.2, 0.25) is 0 Å². The van der Waals surface area contributed by atoms with Gasteiger partial charge in [-0.15, -0.1) is 0 Å². The Hall–Kier alpha value is -3.80. The third kappa shape index (κ3) is 3.96. The summed E-state index contributed by atoms with van der Waals surface area (Å²) in [5.41, 5.74) is 3.15. The number of nitrogens with one attached hydrogen (secondary N) is 1. The number of carbonyl (C=O) groups excluding carboxylic acids is 1. The van der Waals surface area contributed by atoms with Crippen LogP contribution in [0.15, 0.2) is 72.9 Å². The van der Waals surface area contributed by atoms with Crippen LogP contribution in [0.2, 0.25) is 0 Å². The molecule has 5 nitrogen and oxygen atoms in total. The third-order valence-corrected chi connectivity index (χ3v) is 4.05. The van der Waals surface area contributed by atoms with Crippen molar-refractivity contribution in [1.29, 1.82) is 0 Å². The minimum Gasteiger partial charge on any atom is -0.457 e. The van der Waals surface area contributed by atoms with E-state index in [0.717, 1.165) is 16.7 Å². The van der Waals surface area contributed by atoms with Crippen molar-refractivity contribution in [3.05, 3.63) is 90.0 Å². The molecule has 0 atom stereocenters. The topological polar surface area (TPSA) is 64.1 Å². The average Bonchev–Trinajstić information content (AvgIpc) is 2.68. The molecule has 1 heterocycles. The van der Waals surface area contributed by atoms with Crippen LogP contribution in [-0.2, 0) is 0 Å². The number of benzene rings is 3. The van der Waals surface area contributed by atoms with E-state index in [9.17, 15) is 9.18 Å². The highest BCUT2D eigenvalue weighted by atomic mass is 19.1. The monoisotopic (exact) mass is 373 g/mol. The van der Waals surface area contributed by atoms with Crippen LogP contribution in [0, 0.1) is 12.7 Å². The summed E-state index contributed by atoms with van der Waals surface area (Å²) in [6, 6.07) is 18.0. The highest BCUT2D eigenvalue weighted by Crippen LogP contribution is 2.26. The van der Waals surface area contributed by atoms with E-state index in [4.69, 9.17) is 4.74 Å². The van der Waals surface area contributed by atoms with Gasteiger partial charge in [-0.2, -0.15) is 0 Å². The number of anilines is 1. The van der Waals surface area contributed by atoms with Crippen molar-refractivity contribution in [2.45, 2.75) is 6.92 Å². The maximum Gasteiger partial charge on any atom is 0.255 e. The number of fused-ring (bicyclic) bond motifs is 1. The van der Waals surface area contributed by atoms with E-state index in [2.05, 4.69) is 15.3 Å². The highest BCUT2D eigenvalue weighted by molar-refractivity contribution is 6.04. The fraction of sp³-hybridized carbons (Fsp3) is 0.0455. The Balaban J connectivity index is 1.53. The summed E-state index contributed by atoms with van der Waals surface area (Å²) in [7, 11) is 0. The van der Waals surface area contributed by atoms with Crippen LogP contribution in [0.3, 0.4) is 0 Å². The van der Waals surface area contributed by atoms with Crippen molar-refractivity contribution in [1.82, 2.24) is 9.97 Å². The van der Waals surface area contributed by atoms with Crippen molar-refractivity contribution in [2.75, 3.05) is 5.32 Å². The second kappa shape index (κ2) is 7.44. The maximum atomic E-state index is 13.3. The first-order valence-corrected chi connectivity index (χ1v) is 8.65. The van der Waals surface area contributed by atoms with Crippen molar-refractivity contribution in [2.24, 2.45) is 0 Å². The molecule has 0 saturated heterocycles. The zero-order valence-corrected chi connectivity index (χ0v) is 15.0. The fourth-order valence-electron chi connectivity index (χ4n) is 2.75. The molecule has 138 valence electrons.